The lowest BCUT2D eigenvalue weighted by atomic mass is 10.0. The SMILES string of the molecule is C=CCN1C(=O)C(Nc2cc(C)ccc2OC)=C(c2ccccc2)C1=O. The Labute approximate surface area is 152 Å². The van der Waals surface area contributed by atoms with Gasteiger partial charge in [0.15, 0.2) is 0 Å². The molecule has 5 nitrogen and oxygen atoms in total. The van der Waals surface area contributed by atoms with Crippen molar-refractivity contribution in [3.8, 4) is 5.75 Å². The van der Waals surface area contributed by atoms with Gasteiger partial charge in [-0.05, 0) is 30.2 Å². The van der Waals surface area contributed by atoms with Crippen molar-refractivity contribution in [3.63, 3.8) is 0 Å². The fourth-order valence-corrected chi connectivity index (χ4v) is 2.91. The molecule has 0 saturated heterocycles. The standard InChI is InChI=1S/C21H20N2O3/c1-4-12-23-20(24)18(15-8-6-5-7-9-15)19(21(23)25)22-16-13-14(2)10-11-17(16)26-3/h4-11,13,22H,1,12H2,2-3H3. The zero-order valence-electron chi connectivity index (χ0n) is 14.8. The minimum absolute atomic E-state index is 0.157. The van der Waals surface area contributed by atoms with Gasteiger partial charge in [0.25, 0.3) is 11.8 Å². The molecule has 1 N–H and O–H groups in total. The molecule has 3 rings (SSSR count). The van der Waals surface area contributed by atoms with Crippen LogP contribution in [0.4, 0.5) is 5.69 Å². The van der Waals surface area contributed by atoms with E-state index in [9.17, 15) is 9.59 Å². The van der Waals surface area contributed by atoms with Crippen molar-refractivity contribution in [2.24, 2.45) is 0 Å². The number of anilines is 1. The number of rotatable bonds is 6. The third-order valence-electron chi connectivity index (χ3n) is 4.16. The van der Waals surface area contributed by atoms with E-state index < -0.39 is 0 Å². The highest BCUT2D eigenvalue weighted by Crippen LogP contribution is 2.33. The highest BCUT2D eigenvalue weighted by molar-refractivity contribution is 6.36. The Morgan fingerprint density at radius 3 is 2.50 bits per heavy atom. The number of carbonyl (C=O) groups is 2. The molecular formula is C21H20N2O3. The van der Waals surface area contributed by atoms with E-state index in [0.29, 0.717) is 22.6 Å². The fourth-order valence-electron chi connectivity index (χ4n) is 2.91. The number of nitrogens with zero attached hydrogens (tertiary/aromatic N) is 1. The lowest BCUT2D eigenvalue weighted by Crippen LogP contribution is -2.32. The third-order valence-corrected chi connectivity index (χ3v) is 4.16. The molecule has 2 aromatic rings. The minimum atomic E-state index is -0.377. The third kappa shape index (κ3) is 3.11. The molecule has 0 atom stereocenters. The van der Waals surface area contributed by atoms with Crippen molar-refractivity contribution in [2.45, 2.75) is 6.92 Å². The summed E-state index contributed by atoms with van der Waals surface area (Å²) in [5.41, 5.74) is 2.92. The van der Waals surface area contributed by atoms with Gasteiger partial charge in [0.05, 0.1) is 18.4 Å². The van der Waals surface area contributed by atoms with Crippen molar-refractivity contribution in [3.05, 3.63) is 78.0 Å². The molecule has 0 radical (unpaired) electrons. The molecule has 1 aliphatic rings. The van der Waals surface area contributed by atoms with Crippen LogP contribution in [0.2, 0.25) is 0 Å². The number of ether oxygens (including phenoxy) is 1. The highest BCUT2D eigenvalue weighted by Gasteiger charge is 2.38. The molecule has 0 fully saturated rings. The van der Waals surface area contributed by atoms with Crippen molar-refractivity contribution in [1.29, 1.82) is 0 Å². The van der Waals surface area contributed by atoms with E-state index in [4.69, 9.17) is 4.74 Å². The van der Waals surface area contributed by atoms with Crippen LogP contribution < -0.4 is 10.1 Å². The molecule has 0 saturated carbocycles. The van der Waals surface area contributed by atoms with Gasteiger partial charge in [-0.25, -0.2) is 0 Å². The first kappa shape index (κ1) is 17.5. The van der Waals surface area contributed by atoms with E-state index in [1.165, 1.54) is 11.0 Å². The Kier molecular flexibility index (Phi) is 4.89. The smallest absolute Gasteiger partial charge is 0.278 e. The average molecular weight is 348 g/mol. The molecular weight excluding hydrogens is 328 g/mol. The number of hydrogen-bond acceptors (Lipinski definition) is 4. The van der Waals surface area contributed by atoms with Crippen LogP contribution in [0.25, 0.3) is 5.57 Å². The number of amides is 2. The molecule has 132 valence electrons. The molecule has 2 aromatic carbocycles. The van der Waals surface area contributed by atoms with Gasteiger partial charge in [-0.2, -0.15) is 0 Å². The fraction of sp³-hybridized carbons (Fsp3) is 0.143. The maximum absolute atomic E-state index is 12.9. The molecule has 1 heterocycles. The van der Waals surface area contributed by atoms with Crippen LogP contribution >= 0.6 is 0 Å². The van der Waals surface area contributed by atoms with Crippen LogP contribution in [-0.2, 0) is 9.59 Å². The van der Waals surface area contributed by atoms with Gasteiger partial charge < -0.3 is 10.1 Å². The van der Waals surface area contributed by atoms with E-state index in [0.717, 1.165) is 5.56 Å². The van der Waals surface area contributed by atoms with E-state index in [1.807, 2.05) is 55.5 Å². The molecule has 0 spiro atoms. The second-order valence-electron chi connectivity index (χ2n) is 5.95. The molecule has 0 bridgehead atoms. The molecule has 5 heteroatoms. The number of methoxy groups -OCH3 is 1. The summed E-state index contributed by atoms with van der Waals surface area (Å²) in [6.45, 7) is 5.74. The molecule has 0 unspecified atom stereocenters. The monoisotopic (exact) mass is 348 g/mol. The second-order valence-corrected chi connectivity index (χ2v) is 5.95. The summed E-state index contributed by atoms with van der Waals surface area (Å²) in [5, 5.41) is 3.13. The number of aryl methyl sites for hydroxylation is 1. The largest absolute Gasteiger partial charge is 0.495 e. The maximum Gasteiger partial charge on any atom is 0.278 e. The zero-order valence-corrected chi connectivity index (χ0v) is 14.8. The van der Waals surface area contributed by atoms with Crippen molar-refractivity contribution in [1.82, 2.24) is 4.90 Å². The molecule has 0 aromatic heterocycles. The number of benzene rings is 2. The lowest BCUT2D eigenvalue weighted by Gasteiger charge is -2.14. The van der Waals surface area contributed by atoms with Gasteiger partial charge in [0.1, 0.15) is 11.4 Å². The number of hydrogen-bond donors (Lipinski definition) is 1. The van der Waals surface area contributed by atoms with Gasteiger partial charge in [-0.3, -0.25) is 14.5 Å². The first-order chi connectivity index (χ1) is 12.6. The summed E-state index contributed by atoms with van der Waals surface area (Å²) in [4.78, 5) is 26.9. The van der Waals surface area contributed by atoms with E-state index in [1.54, 1.807) is 7.11 Å². The predicted molar refractivity (Wildman–Crippen MR) is 102 cm³/mol. The Bertz CT molecular complexity index is 901. The van der Waals surface area contributed by atoms with Crippen LogP contribution in [0.15, 0.2) is 66.9 Å². The average Bonchev–Trinajstić information content (AvgIpc) is 2.87. The van der Waals surface area contributed by atoms with Crippen LogP contribution in [0.1, 0.15) is 11.1 Å². The summed E-state index contributed by atoms with van der Waals surface area (Å²) in [6, 6.07) is 14.8. The van der Waals surface area contributed by atoms with Crippen LogP contribution in [0.5, 0.6) is 5.75 Å². The lowest BCUT2D eigenvalue weighted by molar-refractivity contribution is -0.136. The van der Waals surface area contributed by atoms with Gasteiger partial charge >= 0.3 is 0 Å². The van der Waals surface area contributed by atoms with Crippen molar-refractivity contribution >= 4 is 23.1 Å². The van der Waals surface area contributed by atoms with E-state index in [-0.39, 0.29) is 24.1 Å². The summed E-state index contributed by atoms with van der Waals surface area (Å²) in [7, 11) is 1.56. The number of imide groups is 1. The maximum atomic E-state index is 12.9. The van der Waals surface area contributed by atoms with Crippen molar-refractivity contribution < 1.29 is 14.3 Å². The number of carbonyl (C=O) groups excluding carboxylic acids is 2. The molecule has 2 amide bonds. The van der Waals surface area contributed by atoms with Crippen LogP contribution in [-0.4, -0.2) is 30.4 Å². The molecule has 26 heavy (non-hydrogen) atoms. The topological polar surface area (TPSA) is 58.6 Å². The van der Waals surface area contributed by atoms with E-state index in [2.05, 4.69) is 11.9 Å². The summed E-state index contributed by atoms with van der Waals surface area (Å²) >= 11 is 0. The Morgan fingerprint density at radius 1 is 1.12 bits per heavy atom. The van der Waals surface area contributed by atoms with Crippen LogP contribution in [0, 0.1) is 6.92 Å². The minimum Gasteiger partial charge on any atom is -0.495 e. The second kappa shape index (κ2) is 7.27. The molecule has 0 aliphatic carbocycles. The van der Waals surface area contributed by atoms with Gasteiger partial charge in [0.2, 0.25) is 0 Å². The Balaban J connectivity index is 2.12. The Morgan fingerprint density at radius 2 is 1.85 bits per heavy atom. The first-order valence-electron chi connectivity index (χ1n) is 8.25. The van der Waals surface area contributed by atoms with E-state index >= 15 is 0 Å². The number of nitrogens with one attached hydrogen (secondary N) is 1. The first-order valence-corrected chi connectivity index (χ1v) is 8.25. The molecule has 1 aliphatic heterocycles. The predicted octanol–water partition coefficient (Wildman–Crippen LogP) is 3.38. The van der Waals surface area contributed by atoms with Crippen LogP contribution in [0.3, 0.4) is 0 Å². The van der Waals surface area contributed by atoms with Gasteiger partial charge in [-0.15, -0.1) is 6.58 Å². The quantitative estimate of drug-likeness (QED) is 0.642. The van der Waals surface area contributed by atoms with Gasteiger partial charge in [0, 0.05) is 6.54 Å². The Hall–Kier alpha value is -3.34. The summed E-state index contributed by atoms with van der Waals surface area (Å²) in [6.07, 6.45) is 1.54. The van der Waals surface area contributed by atoms with Gasteiger partial charge in [-0.1, -0.05) is 42.5 Å². The summed E-state index contributed by atoms with van der Waals surface area (Å²) < 4.78 is 5.38. The normalized spacial score (nSPS) is 14.0. The highest BCUT2D eigenvalue weighted by atomic mass is 16.5. The zero-order chi connectivity index (χ0) is 18.7. The van der Waals surface area contributed by atoms with Crippen molar-refractivity contribution in [2.75, 3.05) is 19.0 Å². The summed E-state index contributed by atoms with van der Waals surface area (Å²) in [5.74, 6) is -0.120.